The van der Waals surface area contributed by atoms with Crippen LogP contribution in [0.25, 0.3) is 0 Å². The quantitative estimate of drug-likeness (QED) is 0.917. The average Bonchev–Trinajstić information content (AvgIpc) is 2.85. The van der Waals surface area contributed by atoms with Gasteiger partial charge in [-0.3, -0.25) is 0 Å². The smallest absolute Gasteiger partial charge is 0.0978 e. The third kappa shape index (κ3) is 2.55. The Hall–Kier alpha value is -0.490. The molecule has 0 aromatic carbocycles. The number of nitrogens with one attached hydrogen (secondary N) is 1. The molecule has 1 atom stereocenters. The second-order valence-electron chi connectivity index (χ2n) is 2.96. The maximum Gasteiger partial charge on any atom is 0.0978 e. The maximum absolute atomic E-state index is 5.92. The normalized spacial score (nSPS) is 12.9. The molecule has 0 aliphatic rings. The van der Waals surface area contributed by atoms with Crippen LogP contribution in [0.15, 0.2) is 17.5 Å². The van der Waals surface area contributed by atoms with E-state index in [1.165, 1.54) is 16.4 Å². The van der Waals surface area contributed by atoms with Gasteiger partial charge in [0.05, 0.1) is 16.1 Å². The van der Waals surface area contributed by atoms with Gasteiger partial charge in [-0.05, 0) is 30.2 Å². The summed E-state index contributed by atoms with van der Waals surface area (Å²) in [4.78, 5) is 1.18. The summed E-state index contributed by atoms with van der Waals surface area (Å²) in [6, 6.07) is 4.05. The zero-order valence-electron chi connectivity index (χ0n) is 8.11. The van der Waals surface area contributed by atoms with E-state index in [9.17, 15) is 0 Å². The van der Waals surface area contributed by atoms with Crippen LogP contribution in [0.4, 0.5) is 0 Å². The Morgan fingerprint density at radius 2 is 2.40 bits per heavy atom. The van der Waals surface area contributed by atoms with E-state index in [-0.39, 0.29) is 6.04 Å². The summed E-state index contributed by atoms with van der Waals surface area (Å²) < 4.78 is 4.68. The van der Waals surface area contributed by atoms with E-state index in [2.05, 4.69) is 21.8 Å². The van der Waals surface area contributed by atoms with Crippen molar-refractivity contribution < 1.29 is 0 Å². The molecule has 0 saturated heterocycles. The van der Waals surface area contributed by atoms with E-state index in [4.69, 9.17) is 11.6 Å². The second kappa shape index (κ2) is 5.03. The van der Waals surface area contributed by atoms with Crippen LogP contribution in [0.2, 0.25) is 4.34 Å². The van der Waals surface area contributed by atoms with Gasteiger partial charge in [0.2, 0.25) is 0 Å². The van der Waals surface area contributed by atoms with Crippen LogP contribution in [0.1, 0.15) is 23.5 Å². The summed E-state index contributed by atoms with van der Waals surface area (Å²) in [6.45, 7) is 2.96. The van der Waals surface area contributed by atoms with Crippen molar-refractivity contribution in [2.45, 2.75) is 13.0 Å². The molecular formula is C9H10ClN3S2. The first-order valence-corrected chi connectivity index (χ1v) is 6.60. The Bertz CT molecular complexity index is 413. The summed E-state index contributed by atoms with van der Waals surface area (Å²) in [6.07, 6.45) is 0. The van der Waals surface area contributed by atoms with Crippen LogP contribution in [-0.4, -0.2) is 16.1 Å². The fourth-order valence-corrected chi connectivity index (χ4v) is 2.97. The van der Waals surface area contributed by atoms with E-state index in [1.54, 1.807) is 11.3 Å². The van der Waals surface area contributed by atoms with Crippen molar-refractivity contribution >= 4 is 34.5 Å². The Balaban J connectivity index is 2.27. The number of rotatable bonds is 4. The average molecular weight is 260 g/mol. The van der Waals surface area contributed by atoms with Crippen molar-refractivity contribution in [3.8, 4) is 0 Å². The number of aromatic nitrogens is 2. The minimum Gasteiger partial charge on any atom is -0.304 e. The van der Waals surface area contributed by atoms with Crippen LogP contribution in [0.5, 0.6) is 0 Å². The van der Waals surface area contributed by atoms with Crippen LogP contribution in [0, 0.1) is 0 Å². The number of hydrogen-bond donors (Lipinski definition) is 1. The Kier molecular flexibility index (Phi) is 3.69. The number of thiophene rings is 1. The molecule has 15 heavy (non-hydrogen) atoms. The Morgan fingerprint density at radius 1 is 1.53 bits per heavy atom. The molecule has 0 fully saturated rings. The Morgan fingerprint density at radius 3 is 2.93 bits per heavy atom. The maximum atomic E-state index is 5.92. The lowest BCUT2D eigenvalue weighted by Gasteiger charge is -2.12. The molecule has 0 aliphatic carbocycles. The first-order chi connectivity index (χ1) is 7.31. The molecular weight excluding hydrogens is 250 g/mol. The molecule has 0 radical (unpaired) electrons. The zero-order valence-corrected chi connectivity index (χ0v) is 10.5. The molecule has 0 bridgehead atoms. The van der Waals surface area contributed by atoms with Crippen LogP contribution >= 0.6 is 34.5 Å². The topological polar surface area (TPSA) is 37.8 Å². The van der Waals surface area contributed by atoms with Crippen LogP contribution in [0.3, 0.4) is 0 Å². The van der Waals surface area contributed by atoms with Gasteiger partial charge in [-0.1, -0.05) is 23.0 Å². The van der Waals surface area contributed by atoms with Gasteiger partial charge < -0.3 is 5.32 Å². The largest absolute Gasteiger partial charge is 0.304 e. The van der Waals surface area contributed by atoms with Gasteiger partial charge in [-0.2, -0.15) is 0 Å². The van der Waals surface area contributed by atoms with Gasteiger partial charge in [-0.25, -0.2) is 0 Å². The lowest BCUT2D eigenvalue weighted by Crippen LogP contribution is -2.21. The molecule has 0 aliphatic heterocycles. The Labute approximate surface area is 101 Å². The summed E-state index contributed by atoms with van der Waals surface area (Å²) in [5.74, 6) is 0. The minimum absolute atomic E-state index is 0.117. The van der Waals surface area contributed by atoms with Gasteiger partial charge in [-0.15, -0.1) is 16.4 Å². The molecule has 1 N–H and O–H groups in total. The molecule has 2 aromatic heterocycles. The highest BCUT2D eigenvalue weighted by molar-refractivity contribution is 7.16. The summed E-state index contributed by atoms with van der Waals surface area (Å²) >= 11 is 8.86. The van der Waals surface area contributed by atoms with E-state index >= 15 is 0 Å². The minimum atomic E-state index is 0.117. The van der Waals surface area contributed by atoms with Gasteiger partial charge in [0.1, 0.15) is 0 Å². The van der Waals surface area contributed by atoms with E-state index in [0.29, 0.717) is 0 Å². The van der Waals surface area contributed by atoms with Crippen LogP contribution < -0.4 is 5.32 Å². The molecule has 80 valence electrons. The highest BCUT2D eigenvalue weighted by atomic mass is 35.5. The van der Waals surface area contributed by atoms with Crippen molar-refractivity contribution in [3.63, 3.8) is 0 Å². The summed E-state index contributed by atoms with van der Waals surface area (Å²) in [7, 11) is 0. The number of nitrogens with zero attached hydrogens (tertiary/aromatic N) is 2. The fourth-order valence-electron chi connectivity index (χ4n) is 1.34. The van der Waals surface area contributed by atoms with Gasteiger partial charge >= 0.3 is 0 Å². The zero-order chi connectivity index (χ0) is 10.7. The molecule has 2 heterocycles. The first kappa shape index (κ1) is 11.0. The molecule has 0 saturated carbocycles. The third-order valence-corrected chi connectivity index (χ3v) is 3.78. The fraction of sp³-hybridized carbons (Fsp3) is 0.333. The number of hydrogen-bond acceptors (Lipinski definition) is 5. The van der Waals surface area contributed by atoms with Crippen molar-refractivity contribution in [1.82, 2.24) is 14.9 Å². The predicted molar refractivity (Wildman–Crippen MR) is 64.8 cm³/mol. The van der Waals surface area contributed by atoms with Crippen molar-refractivity contribution in [2.24, 2.45) is 0 Å². The van der Waals surface area contributed by atoms with Crippen molar-refractivity contribution in [3.05, 3.63) is 32.4 Å². The molecule has 6 heteroatoms. The van der Waals surface area contributed by atoms with Crippen molar-refractivity contribution in [2.75, 3.05) is 6.54 Å². The van der Waals surface area contributed by atoms with Gasteiger partial charge in [0.15, 0.2) is 0 Å². The predicted octanol–water partition coefficient (Wildman–Crippen LogP) is 2.95. The highest BCUT2D eigenvalue weighted by Crippen LogP contribution is 2.30. The molecule has 2 aromatic rings. The molecule has 1 unspecified atom stereocenters. The standard InChI is InChI=1S/C9H10ClN3S2/c1-2-11-9(6-5-14-13-12-6)7-3-4-8(10)15-7/h3-5,9,11H,2H2,1H3. The highest BCUT2D eigenvalue weighted by Gasteiger charge is 2.17. The molecule has 3 nitrogen and oxygen atoms in total. The van der Waals surface area contributed by atoms with Gasteiger partial charge in [0, 0.05) is 10.3 Å². The van der Waals surface area contributed by atoms with Crippen molar-refractivity contribution in [1.29, 1.82) is 0 Å². The molecule has 0 amide bonds. The van der Waals surface area contributed by atoms with Crippen LogP contribution in [-0.2, 0) is 0 Å². The summed E-state index contributed by atoms with van der Waals surface area (Å²) in [5, 5.41) is 9.42. The van der Waals surface area contributed by atoms with Gasteiger partial charge in [0.25, 0.3) is 0 Å². The SMILES string of the molecule is CCNC(c1csnn1)c1ccc(Cl)s1. The first-order valence-electron chi connectivity index (χ1n) is 4.57. The molecule has 0 spiro atoms. The lowest BCUT2D eigenvalue weighted by atomic mass is 10.2. The second-order valence-corrected chi connectivity index (χ2v) is 5.32. The van der Waals surface area contributed by atoms with E-state index in [1.807, 2.05) is 17.5 Å². The monoisotopic (exact) mass is 259 g/mol. The third-order valence-electron chi connectivity index (χ3n) is 1.96. The number of halogens is 1. The van der Waals surface area contributed by atoms with E-state index < -0.39 is 0 Å². The lowest BCUT2D eigenvalue weighted by molar-refractivity contribution is 0.622. The summed E-state index contributed by atoms with van der Waals surface area (Å²) in [5.41, 5.74) is 0.959. The molecule has 2 rings (SSSR count). The van der Waals surface area contributed by atoms with E-state index in [0.717, 1.165) is 16.6 Å².